The average molecular weight is 377 g/mol. The highest BCUT2D eigenvalue weighted by molar-refractivity contribution is 7.79. The number of anilines is 2. The van der Waals surface area contributed by atoms with E-state index in [2.05, 4.69) is 15.3 Å². The van der Waals surface area contributed by atoms with E-state index in [9.17, 15) is 17.6 Å². The van der Waals surface area contributed by atoms with Gasteiger partial charge in [0.2, 0.25) is 0 Å². The van der Waals surface area contributed by atoms with E-state index >= 15 is 0 Å². The Morgan fingerprint density at radius 1 is 1.00 bits per heavy atom. The maximum Gasteiger partial charge on any atom is 0.182 e. The van der Waals surface area contributed by atoms with Crippen molar-refractivity contribution in [2.45, 2.75) is 6.92 Å². The topological polar surface area (TPSA) is 37.8 Å². The number of aromatic nitrogens is 2. The summed E-state index contributed by atoms with van der Waals surface area (Å²) in [6.45, 7) is 1.55. The maximum absolute atomic E-state index is 14.2. The van der Waals surface area contributed by atoms with E-state index < -0.39 is 23.3 Å². The van der Waals surface area contributed by atoms with Crippen molar-refractivity contribution in [1.82, 2.24) is 9.97 Å². The summed E-state index contributed by atoms with van der Waals surface area (Å²) in [5.74, 6) is -3.37. The summed E-state index contributed by atoms with van der Waals surface area (Å²) in [6.07, 6.45) is 0. The number of nitrogens with one attached hydrogen (secondary N) is 1. The predicted molar refractivity (Wildman–Crippen MR) is 94.5 cm³/mol. The highest BCUT2D eigenvalue weighted by atomic mass is 32.1. The first-order valence-corrected chi connectivity index (χ1v) is 7.88. The van der Waals surface area contributed by atoms with E-state index in [1.807, 2.05) is 0 Å². The fourth-order valence-electron chi connectivity index (χ4n) is 2.40. The Bertz CT molecular complexity index is 1010. The second-order valence-corrected chi connectivity index (χ2v) is 5.59. The van der Waals surface area contributed by atoms with Crippen LogP contribution in [0.4, 0.5) is 29.1 Å². The Balaban J connectivity index is 2.17. The first kappa shape index (κ1) is 17.9. The summed E-state index contributed by atoms with van der Waals surface area (Å²) in [5, 5.41) is 3.85. The molecule has 8 heteroatoms. The van der Waals surface area contributed by atoms with Gasteiger partial charge in [0.05, 0.1) is 16.9 Å². The molecule has 26 heavy (non-hydrogen) atoms. The summed E-state index contributed by atoms with van der Waals surface area (Å²) in [7, 11) is 0. The Morgan fingerprint density at radius 3 is 2.46 bits per heavy atom. The van der Waals surface area contributed by atoms with Crippen molar-refractivity contribution in [1.29, 1.82) is 0 Å². The summed E-state index contributed by atoms with van der Waals surface area (Å²) in [4.78, 5) is 8.31. The molecule has 0 bridgehead atoms. The van der Waals surface area contributed by atoms with Gasteiger partial charge in [0.1, 0.15) is 23.3 Å². The molecule has 0 fully saturated rings. The van der Waals surface area contributed by atoms with Gasteiger partial charge in [-0.3, -0.25) is 0 Å². The quantitative estimate of drug-likeness (QED) is 0.507. The minimum Gasteiger partial charge on any atom is -0.337 e. The number of rotatable bonds is 4. The largest absolute Gasteiger partial charge is 0.337 e. The molecule has 0 saturated heterocycles. The molecule has 3 rings (SSSR count). The third-order valence-corrected chi connectivity index (χ3v) is 3.80. The minimum absolute atomic E-state index is 0.00997. The Morgan fingerprint density at radius 2 is 1.77 bits per heavy atom. The molecule has 132 valence electrons. The lowest BCUT2D eigenvalue weighted by Gasteiger charge is -2.14. The first-order valence-electron chi connectivity index (χ1n) is 7.41. The van der Waals surface area contributed by atoms with Crippen LogP contribution in [0.5, 0.6) is 0 Å². The Labute approximate surface area is 151 Å². The molecule has 1 heterocycles. The van der Waals surface area contributed by atoms with Crippen molar-refractivity contribution in [2.24, 2.45) is 0 Å². The van der Waals surface area contributed by atoms with Crippen molar-refractivity contribution in [3.05, 3.63) is 71.1 Å². The molecule has 1 aromatic heterocycles. The molecule has 0 radical (unpaired) electrons. The lowest BCUT2D eigenvalue weighted by molar-refractivity contribution is 0.511. The van der Waals surface area contributed by atoms with Crippen molar-refractivity contribution < 1.29 is 17.6 Å². The second kappa shape index (κ2) is 7.17. The van der Waals surface area contributed by atoms with Gasteiger partial charge in [-0.15, -0.1) is 0 Å². The van der Waals surface area contributed by atoms with Gasteiger partial charge in [-0.1, -0.05) is 18.3 Å². The molecule has 0 aliphatic carbocycles. The molecule has 0 aliphatic rings. The smallest absolute Gasteiger partial charge is 0.182 e. The fourth-order valence-corrected chi connectivity index (χ4v) is 2.63. The van der Waals surface area contributed by atoms with Crippen LogP contribution in [-0.2, 0) is 0 Å². The van der Waals surface area contributed by atoms with Gasteiger partial charge in [-0.2, -0.15) is 0 Å². The number of thiocarbonyl (C=S) groups is 1. The van der Waals surface area contributed by atoms with Crippen molar-refractivity contribution in [3.63, 3.8) is 0 Å². The normalized spacial score (nSPS) is 10.7. The van der Waals surface area contributed by atoms with Gasteiger partial charge in [0.15, 0.2) is 11.6 Å². The lowest BCUT2D eigenvalue weighted by atomic mass is 10.1. The summed E-state index contributed by atoms with van der Waals surface area (Å²) < 4.78 is 54.7. The third kappa shape index (κ3) is 3.41. The van der Waals surface area contributed by atoms with Crippen LogP contribution in [0.25, 0.3) is 11.3 Å². The molecule has 1 N–H and O–H groups in total. The first-order chi connectivity index (χ1) is 12.4. The molecule has 0 saturated carbocycles. The van der Waals surface area contributed by atoms with Crippen LogP contribution in [-0.4, -0.2) is 15.3 Å². The molecule has 0 spiro atoms. The Kier molecular flexibility index (Phi) is 4.94. The number of hydrogen-bond acceptors (Lipinski definition) is 4. The van der Waals surface area contributed by atoms with Gasteiger partial charge < -0.3 is 5.32 Å². The van der Waals surface area contributed by atoms with Gasteiger partial charge in [-0.05, 0) is 31.2 Å². The van der Waals surface area contributed by atoms with Crippen LogP contribution >= 0.6 is 12.2 Å². The standard InChI is InChI=1S/C18H11F4N3S/c1-9-23-17(11-6-5-10(19)7-14(11)21)12(8-26)18(24-9)25-15-4-2-3-13(20)16(15)22/h2-8H,1H3,(H,23,24,25). The highest BCUT2D eigenvalue weighted by Crippen LogP contribution is 2.30. The minimum atomic E-state index is -1.09. The zero-order valence-corrected chi connectivity index (χ0v) is 14.2. The van der Waals surface area contributed by atoms with Gasteiger partial charge in [0.25, 0.3) is 0 Å². The van der Waals surface area contributed by atoms with E-state index in [-0.39, 0.29) is 34.2 Å². The summed E-state index contributed by atoms with van der Waals surface area (Å²) in [5.41, 5.74) is 0.159. The number of halogens is 4. The zero-order valence-electron chi connectivity index (χ0n) is 13.4. The molecule has 2 aromatic carbocycles. The van der Waals surface area contributed by atoms with E-state index in [4.69, 9.17) is 12.2 Å². The van der Waals surface area contributed by atoms with Crippen molar-refractivity contribution in [2.75, 3.05) is 5.32 Å². The molecular weight excluding hydrogens is 366 g/mol. The van der Waals surface area contributed by atoms with Crippen LogP contribution in [0, 0.1) is 30.2 Å². The molecule has 0 unspecified atom stereocenters. The van der Waals surface area contributed by atoms with E-state index in [1.54, 1.807) is 6.92 Å². The van der Waals surface area contributed by atoms with Gasteiger partial charge in [-0.25, -0.2) is 27.5 Å². The highest BCUT2D eigenvalue weighted by Gasteiger charge is 2.18. The fraction of sp³-hybridized carbons (Fsp3) is 0.0556. The molecule has 0 amide bonds. The van der Waals surface area contributed by atoms with Crippen LogP contribution in [0.3, 0.4) is 0 Å². The van der Waals surface area contributed by atoms with Crippen LogP contribution in [0.15, 0.2) is 36.4 Å². The van der Waals surface area contributed by atoms with Crippen LogP contribution in [0.1, 0.15) is 11.4 Å². The maximum atomic E-state index is 14.2. The number of benzene rings is 2. The number of aryl methyl sites for hydroxylation is 1. The molecule has 0 aliphatic heterocycles. The Hall–Kier alpha value is -2.87. The van der Waals surface area contributed by atoms with Crippen molar-refractivity contribution in [3.8, 4) is 11.3 Å². The number of hydrogen-bond donors (Lipinski definition) is 1. The molecule has 3 nitrogen and oxygen atoms in total. The number of nitrogens with zero attached hydrogens (tertiary/aromatic N) is 2. The van der Waals surface area contributed by atoms with Gasteiger partial charge in [0, 0.05) is 17.0 Å². The van der Waals surface area contributed by atoms with Crippen molar-refractivity contribution >= 4 is 29.1 Å². The van der Waals surface area contributed by atoms with E-state index in [0.29, 0.717) is 0 Å². The summed E-state index contributed by atoms with van der Waals surface area (Å²) >= 11 is 4.97. The van der Waals surface area contributed by atoms with E-state index in [0.717, 1.165) is 18.2 Å². The van der Waals surface area contributed by atoms with Crippen LogP contribution < -0.4 is 5.32 Å². The lowest BCUT2D eigenvalue weighted by Crippen LogP contribution is -2.07. The second-order valence-electron chi connectivity index (χ2n) is 5.35. The molecule has 0 atom stereocenters. The van der Waals surface area contributed by atoms with Gasteiger partial charge >= 0.3 is 0 Å². The predicted octanol–water partition coefficient (Wildman–Crippen LogP) is 5.10. The third-order valence-electron chi connectivity index (χ3n) is 3.57. The SMILES string of the molecule is Cc1nc(Nc2cccc(F)c2F)c(C=S)c(-c2ccc(F)cc2F)n1. The molecule has 3 aromatic rings. The van der Waals surface area contributed by atoms with Crippen LogP contribution in [0.2, 0.25) is 0 Å². The zero-order chi connectivity index (χ0) is 18.8. The van der Waals surface area contributed by atoms with E-state index in [1.165, 1.54) is 23.6 Å². The average Bonchev–Trinajstić information content (AvgIpc) is 2.58. The summed E-state index contributed by atoms with van der Waals surface area (Å²) in [6, 6.07) is 6.65. The monoisotopic (exact) mass is 377 g/mol. The molecular formula is C18H11F4N3S.